The predicted octanol–water partition coefficient (Wildman–Crippen LogP) is -0.0479. The standard InChI is InChI=1S/C19H22O9/c1-26-11-4-10(9-2-3-13(21)14(22)6-9)5-12(7-11)27-19-18(25)17(24)16(23)15(8-20)28-19/h2-7,15-25H,8H2,1H3/t15-,16-,17+,18-,19-/m1/s1. The number of phenols is 2. The molecule has 0 saturated carbocycles. The second-order valence-corrected chi connectivity index (χ2v) is 6.42. The van der Waals surface area contributed by atoms with Crippen molar-refractivity contribution in [1.29, 1.82) is 0 Å². The maximum Gasteiger partial charge on any atom is 0.229 e. The molecule has 0 amide bonds. The summed E-state index contributed by atoms with van der Waals surface area (Å²) in [4.78, 5) is 0. The van der Waals surface area contributed by atoms with Gasteiger partial charge in [0.15, 0.2) is 11.5 Å². The molecule has 152 valence electrons. The number of rotatable bonds is 5. The third kappa shape index (κ3) is 3.98. The molecule has 1 aliphatic rings. The molecule has 6 N–H and O–H groups in total. The van der Waals surface area contributed by atoms with Gasteiger partial charge in [-0.05, 0) is 35.4 Å². The number of ether oxygens (including phenoxy) is 3. The third-order valence-corrected chi connectivity index (χ3v) is 4.53. The van der Waals surface area contributed by atoms with E-state index in [0.717, 1.165) is 0 Å². The van der Waals surface area contributed by atoms with Gasteiger partial charge in [-0.2, -0.15) is 0 Å². The first-order valence-corrected chi connectivity index (χ1v) is 8.52. The maximum absolute atomic E-state index is 10.1. The maximum atomic E-state index is 10.1. The second kappa shape index (κ2) is 8.21. The molecule has 0 radical (unpaired) electrons. The van der Waals surface area contributed by atoms with Crippen LogP contribution in [0, 0.1) is 0 Å². The summed E-state index contributed by atoms with van der Waals surface area (Å²) in [7, 11) is 1.45. The van der Waals surface area contributed by atoms with E-state index in [2.05, 4.69) is 0 Å². The van der Waals surface area contributed by atoms with Gasteiger partial charge < -0.3 is 44.8 Å². The Kier molecular flexibility index (Phi) is 5.92. The van der Waals surface area contributed by atoms with Crippen molar-refractivity contribution in [1.82, 2.24) is 0 Å². The highest BCUT2D eigenvalue weighted by Crippen LogP contribution is 2.35. The zero-order chi connectivity index (χ0) is 20.4. The van der Waals surface area contributed by atoms with Crippen molar-refractivity contribution < 1.29 is 44.8 Å². The molecule has 2 aromatic rings. The summed E-state index contributed by atoms with van der Waals surface area (Å²) in [6, 6.07) is 9.05. The van der Waals surface area contributed by atoms with Crippen molar-refractivity contribution in [3.05, 3.63) is 36.4 Å². The van der Waals surface area contributed by atoms with E-state index in [1.54, 1.807) is 18.2 Å². The Bertz CT molecular complexity index is 823. The zero-order valence-corrected chi connectivity index (χ0v) is 15.0. The monoisotopic (exact) mass is 394 g/mol. The summed E-state index contributed by atoms with van der Waals surface area (Å²) < 4.78 is 16.2. The lowest BCUT2D eigenvalue weighted by Crippen LogP contribution is -2.60. The molecule has 1 heterocycles. The van der Waals surface area contributed by atoms with E-state index in [9.17, 15) is 30.6 Å². The first-order chi connectivity index (χ1) is 13.3. The second-order valence-electron chi connectivity index (χ2n) is 6.42. The normalized spacial score (nSPS) is 27.4. The summed E-state index contributed by atoms with van der Waals surface area (Å²) >= 11 is 0. The molecule has 0 aromatic heterocycles. The molecule has 1 aliphatic heterocycles. The van der Waals surface area contributed by atoms with Crippen molar-refractivity contribution in [2.45, 2.75) is 30.7 Å². The van der Waals surface area contributed by atoms with Gasteiger partial charge in [-0.15, -0.1) is 0 Å². The fourth-order valence-corrected chi connectivity index (χ4v) is 2.93. The summed E-state index contributed by atoms with van der Waals surface area (Å²) in [6.07, 6.45) is -7.04. The molecule has 0 unspecified atom stereocenters. The van der Waals surface area contributed by atoms with Gasteiger partial charge >= 0.3 is 0 Å². The predicted molar refractivity (Wildman–Crippen MR) is 96.2 cm³/mol. The number of methoxy groups -OCH3 is 1. The molecule has 5 atom stereocenters. The quantitative estimate of drug-likeness (QED) is 0.384. The van der Waals surface area contributed by atoms with Crippen LogP contribution >= 0.6 is 0 Å². The fraction of sp³-hybridized carbons (Fsp3) is 0.368. The Morgan fingerprint density at radius 3 is 2.21 bits per heavy atom. The Hall–Kier alpha value is -2.56. The van der Waals surface area contributed by atoms with Crippen LogP contribution in [0.2, 0.25) is 0 Å². The molecular formula is C19H22O9. The van der Waals surface area contributed by atoms with Crippen LogP contribution in [0.15, 0.2) is 36.4 Å². The molecular weight excluding hydrogens is 372 g/mol. The minimum absolute atomic E-state index is 0.214. The lowest BCUT2D eigenvalue weighted by atomic mass is 9.99. The van der Waals surface area contributed by atoms with Crippen LogP contribution in [0.4, 0.5) is 0 Å². The van der Waals surface area contributed by atoms with E-state index < -0.39 is 37.3 Å². The zero-order valence-electron chi connectivity index (χ0n) is 15.0. The van der Waals surface area contributed by atoms with Crippen molar-refractivity contribution in [3.63, 3.8) is 0 Å². The molecule has 9 nitrogen and oxygen atoms in total. The summed E-state index contributed by atoms with van der Waals surface area (Å²) in [6.45, 7) is -0.568. The van der Waals surface area contributed by atoms with E-state index in [1.165, 1.54) is 25.3 Å². The minimum atomic E-state index is -1.56. The van der Waals surface area contributed by atoms with Crippen LogP contribution in [0.25, 0.3) is 11.1 Å². The van der Waals surface area contributed by atoms with Gasteiger partial charge in [0.25, 0.3) is 0 Å². The minimum Gasteiger partial charge on any atom is -0.504 e. The topological polar surface area (TPSA) is 149 Å². The van der Waals surface area contributed by atoms with Crippen LogP contribution in [0.3, 0.4) is 0 Å². The van der Waals surface area contributed by atoms with Crippen molar-refractivity contribution in [2.75, 3.05) is 13.7 Å². The van der Waals surface area contributed by atoms with Gasteiger partial charge in [0.05, 0.1) is 13.7 Å². The Labute approximate surface area is 160 Å². The third-order valence-electron chi connectivity index (χ3n) is 4.53. The van der Waals surface area contributed by atoms with Gasteiger partial charge in [-0.25, -0.2) is 0 Å². The largest absolute Gasteiger partial charge is 0.504 e. The fourth-order valence-electron chi connectivity index (χ4n) is 2.93. The van der Waals surface area contributed by atoms with Crippen molar-refractivity contribution in [3.8, 4) is 34.1 Å². The number of hydrogen-bond donors (Lipinski definition) is 6. The SMILES string of the molecule is COc1cc(O[C@@H]2O[C@H](CO)[C@@H](O)[C@H](O)[C@H]2O)cc(-c2ccc(O)c(O)c2)c1. The molecule has 9 heteroatoms. The Morgan fingerprint density at radius 2 is 1.57 bits per heavy atom. The highest BCUT2D eigenvalue weighted by molar-refractivity contribution is 5.69. The van der Waals surface area contributed by atoms with E-state index >= 15 is 0 Å². The molecule has 3 rings (SSSR count). The molecule has 0 spiro atoms. The van der Waals surface area contributed by atoms with Crippen LogP contribution in [-0.2, 0) is 4.74 Å². The van der Waals surface area contributed by atoms with E-state index in [0.29, 0.717) is 16.9 Å². The van der Waals surface area contributed by atoms with Gasteiger partial charge in [0.2, 0.25) is 6.29 Å². The molecule has 0 bridgehead atoms. The molecule has 2 aromatic carbocycles. The van der Waals surface area contributed by atoms with E-state index in [-0.39, 0.29) is 17.2 Å². The van der Waals surface area contributed by atoms with Crippen LogP contribution in [0.5, 0.6) is 23.0 Å². The number of aliphatic hydroxyl groups excluding tert-OH is 4. The summed E-state index contributed by atoms with van der Waals surface area (Å²) in [5.41, 5.74) is 1.14. The highest BCUT2D eigenvalue weighted by Gasteiger charge is 2.44. The van der Waals surface area contributed by atoms with Gasteiger partial charge in [0, 0.05) is 6.07 Å². The molecule has 1 fully saturated rings. The molecule has 1 saturated heterocycles. The van der Waals surface area contributed by atoms with Crippen LogP contribution in [-0.4, -0.2) is 75.1 Å². The number of phenolic OH excluding ortho intramolecular Hbond substituents is 2. The first kappa shape index (κ1) is 20.2. The van der Waals surface area contributed by atoms with Gasteiger partial charge in [-0.1, -0.05) is 6.07 Å². The number of hydrogen-bond acceptors (Lipinski definition) is 9. The van der Waals surface area contributed by atoms with E-state index in [1.807, 2.05) is 0 Å². The molecule has 28 heavy (non-hydrogen) atoms. The number of aliphatic hydroxyl groups is 4. The molecule has 0 aliphatic carbocycles. The van der Waals surface area contributed by atoms with Crippen molar-refractivity contribution >= 4 is 0 Å². The van der Waals surface area contributed by atoms with Gasteiger partial charge in [-0.3, -0.25) is 0 Å². The highest BCUT2D eigenvalue weighted by atomic mass is 16.7. The van der Waals surface area contributed by atoms with Crippen molar-refractivity contribution in [2.24, 2.45) is 0 Å². The lowest BCUT2D eigenvalue weighted by Gasteiger charge is -2.39. The Morgan fingerprint density at radius 1 is 0.857 bits per heavy atom. The number of benzene rings is 2. The first-order valence-electron chi connectivity index (χ1n) is 8.52. The van der Waals surface area contributed by atoms with Crippen LogP contribution < -0.4 is 9.47 Å². The average Bonchev–Trinajstić information content (AvgIpc) is 2.70. The van der Waals surface area contributed by atoms with E-state index in [4.69, 9.17) is 14.2 Å². The van der Waals surface area contributed by atoms with Crippen LogP contribution in [0.1, 0.15) is 0 Å². The van der Waals surface area contributed by atoms with Gasteiger partial charge in [0.1, 0.15) is 35.9 Å². The summed E-state index contributed by atoms with van der Waals surface area (Å²) in [5.74, 6) is 0.0667. The summed E-state index contributed by atoms with van der Waals surface area (Å²) in [5, 5.41) is 58.3. The Balaban J connectivity index is 1.90. The average molecular weight is 394 g/mol. The lowest BCUT2D eigenvalue weighted by molar-refractivity contribution is -0.277. The smallest absolute Gasteiger partial charge is 0.229 e. The number of aromatic hydroxyl groups is 2.